The Labute approximate surface area is 187 Å². The lowest BCUT2D eigenvalue weighted by Gasteiger charge is -2.28. The molecule has 2 aliphatic rings. The van der Waals surface area contributed by atoms with Gasteiger partial charge >= 0.3 is 0 Å². The van der Waals surface area contributed by atoms with Crippen molar-refractivity contribution in [2.75, 3.05) is 44.4 Å². The van der Waals surface area contributed by atoms with E-state index in [2.05, 4.69) is 35.9 Å². The highest BCUT2D eigenvalue weighted by Gasteiger charge is 2.16. The fourth-order valence-corrected chi connectivity index (χ4v) is 3.66. The van der Waals surface area contributed by atoms with Gasteiger partial charge in [0.25, 0.3) is 5.90 Å². The van der Waals surface area contributed by atoms with Crippen molar-refractivity contribution in [3.8, 4) is 11.1 Å². The van der Waals surface area contributed by atoms with Gasteiger partial charge in [0.15, 0.2) is 0 Å². The number of rotatable bonds is 3. The highest BCUT2D eigenvalue weighted by molar-refractivity contribution is 5.95. The summed E-state index contributed by atoms with van der Waals surface area (Å²) in [6, 6.07) is 14.2. The van der Waals surface area contributed by atoms with Crippen LogP contribution >= 0.6 is 0 Å². The lowest BCUT2D eigenvalue weighted by Crippen LogP contribution is -2.36. The van der Waals surface area contributed by atoms with Crippen molar-refractivity contribution in [1.82, 2.24) is 19.9 Å². The van der Waals surface area contributed by atoms with Gasteiger partial charge in [-0.3, -0.25) is 0 Å². The van der Waals surface area contributed by atoms with Crippen LogP contribution in [0, 0.1) is 0 Å². The van der Waals surface area contributed by atoms with E-state index in [0.717, 1.165) is 54.2 Å². The van der Waals surface area contributed by atoms with Crippen LogP contribution in [0.25, 0.3) is 22.2 Å². The molecule has 1 aromatic carbocycles. The molecule has 6 rings (SSSR count). The van der Waals surface area contributed by atoms with Crippen LogP contribution < -0.4 is 4.90 Å². The number of nitrogens with zero attached hydrogens (tertiary/aromatic N) is 5. The number of fused-ring (bicyclic) bond motifs is 1. The summed E-state index contributed by atoms with van der Waals surface area (Å²) in [5.74, 6) is 1.05. The standard InChI is InChI=1S/C18H18N6O2.C6H6.H2/c1-4-26-18(19-1)17-20-8-12(9-21-17)15-11-23-16-14(15)7-13(10-22-16)24-2-5-25-6-3-24;1-2-4-6-5-3-1;/h7-11H,1-6H2,(H,22,23);1-6H;1H. The van der Waals surface area contributed by atoms with Crippen LogP contribution in [0.15, 0.2) is 72.2 Å². The van der Waals surface area contributed by atoms with Gasteiger partial charge in [-0.2, -0.15) is 0 Å². The zero-order valence-corrected chi connectivity index (χ0v) is 17.6. The normalized spacial score (nSPS) is 15.6. The Hall–Kier alpha value is -3.78. The first-order valence-electron chi connectivity index (χ1n) is 10.7. The molecule has 5 heterocycles. The SMILES string of the molecule is [HH].c1ccccc1.c1nc(C2=NCCO2)ncc1-c1c[nH]c2ncc(N3CCOCC3)cc12. The van der Waals surface area contributed by atoms with E-state index in [9.17, 15) is 0 Å². The van der Waals surface area contributed by atoms with E-state index in [0.29, 0.717) is 24.9 Å². The third-order valence-electron chi connectivity index (χ3n) is 5.30. The van der Waals surface area contributed by atoms with E-state index in [-0.39, 0.29) is 1.43 Å². The molecule has 0 unspecified atom stereocenters. The molecule has 164 valence electrons. The molecule has 4 aromatic rings. The largest absolute Gasteiger partial charge is 0.473 e. The minimum absolute atomic E-state index is 0. The number of nitrogens with one attached hydrogen (secondary N) is 1. The first kappa shape index (κ1) is 20.1. The van der Waals surface area contributed by atoms with Crippen molar-refractivity contribution in [1.29, 1.82) is 0 Å². The van der Waals surface area contributed by atoms with Gasteiger partial charge < -0.3 is 19.4 Å². The van der Waals surface area contributed by atoms with Crippen LogP contribution in [0.3, 0.4) is 0 Å². The van der Waals surface area contributed by atoms with E-state index < -0.39 is 0 Å². The molecule has 2 aliphatic heterocycles. The van der Waals surface area contributed by atoms with Gasteiger partial charge in [-0.15, -0.1) is 0 Å². The average molecular weight is 431 g/mol. The van der Waals surface area contributed by atoms with Gasteiger partial charge in [0.1, 0.15) is 12.3 Å². The Bertz CT molecular complexity index is 1160. The van der Waals surface area contributed by atoms with Crippen LogP contribution in [0.1, 0.15) is 7.25 Å². The minimum Gasteiger partial charge on any atom is -0.473 e. The number of pyridine rings is 1. The minimum atomic E-state index is 0. The molecule has 1 fully saturated rings. The van der Waals surface area contributed by atoms with E-state index in [1.54, 1.807) is 12.4 Å². The maximum Gasteiger partial charge on any atom is 0.255 e. The molecular weight excluding hydrogens is 404 g/mol. The number of hydrogen-bond donors (Lipinski definition) is 1. The molecule has 32 heavy (non-hydrogen) atoms. The van der Waals surface area contributed by atoms with Crippen molar-refractivity contribution in [3.63, 3.8) is 0 Å². The van der Waals surface area contributed by atoms with Gasteiger partial charge in [-0.05, 0) is 6.07 Å². The summed E-state index contributed by atoms with van der Waals surface area (Å²) < 4.78 is 10.9. The van der Waals surface area contributed by atoms with Gasteiger partial charge in [0, 0.05) is 49.6 Å². The maximum absolute atomic E-state index is 5.44. The summed E-state index contributed by atoms with van der Waals surface area (Å²) in [4.78, 5) is 23.2. The Morgan fingerprint density at radius 3 is 2.25 bits per heavy atom. The number of aliphatic imine (C=N–C) groups is 1. The van der Waals surface area contributed by atoms with Crippen LogP contribution in [-0.4, -0.2) is 65.3 Å². The molecule has 0 atom stereocenters. The first-order valence-corrected chi connectivity index (χ1v) is 10.7. The highest BCUT2D eigenvalue weighted by atomic mass is 16.5. The number of benzene rings is 1. The summed E-state index contributed by atoms with van der Waals surface area (Å²) in [6.45, 7) is 4.52. The van der Waals surface area contributed by atoms with E-state index >= 15 is 0 Å². The van der Waals surface area contributed by atoms with Crippen LogP contribution in [-0.2, 0) is 9.47 Å². The Kier molecular flexibility index (Phi) is 6.02. The topological polar surface area (TPSA) is 88.5 Å². The van der Waals surface area contributed by atoms with Gasteiger partial charge in [0.2, 0.25) is 5.82 Å². The van der Waals surface area contributed by atoms with Gasteiger partial charge in [-0.25, -0.2) is 19.9 Å². The monoisotopic (exact) mass is 430 g/mol. The Morgan fingerprint density at radius 2 is 1.59 bits per heavy atom. The fourth-order valence-electron chi connectivity index (χ4n) is 3.66. The predicted molar refractivity (Wildman–Crippen MR) is 126 cm³/mol. The van der Waals surface area contributed by atoms with Crippen molar-refractivity contribution in [2.45, 2.75) is 0 Å². The second kappa shape index (κ2) is 9.57. The maximum atomic E-state index is 5.44. The lowest BCUT2D eigenvalue weighted by atomic mass is 10.1. The van der Waals surface area contributed by atoms with E-state index in [1.165, 1.54) is 0 Å². The molecular formula is C24H26N6O2. The second-order valence-electron chi connectivity index (χ2n) is 7.38. The molecule has 8 nitrogen and oxygen atoms in total. The predicted octanol–water partition coefficient (Wildman–Crippen LogP) is 3.57. The zero-order chi connectivity index (χ0) is 21.6. The quantitative estimate of drug-likeness (QED) is 0.535. The third-order valence-corrected chi connectivity index (χ3v) is 5.30. The second-order valence-corrected chi connectivity index (χ2v) is 7.38. The third kappa shape index (κ3) is 4.45. The highest BCUT2D eigenvalue weighted by Crippen LogP contribution is 2.30. The van der Waals surface area contributed by atoms with Crippen LogP contribution in [0.2, 0.25) is 0 Å². The van der Waals surface area contributed by atoms with Gasteiger partial charge in [0.05, 0.1) is 31.6 Å². The lowest BCUT2D eigenvalue weighted by molar-refractivity contribution is 0.122. The summed E-state index contributed by atoms with van der Waals surface area (Å²) in [5.41, 5.74) is 3.92. The van der Waals surface area contributed by atoms with Crippen molar-refractivity contribution < 1.29 is 10.9 Å². The number of aromatic nitrogens is 4. The van der Waals surface area contributed by atoms with Crippen molar-refractivity contribution in [2.24, 2.45) is 4.99 Å². The molecule has 0 bridgehead atoms. The van der Waals surface area contributed by atoms with E-state index in [4.69, 9.17) is 9.47 Å². The van der Waals surface area contributed by atoms with Crippen molar-refractivity contribution >= 4 is 22.6 Å². The summed E-state index contributed by atoms with van der Waals surface area (Å²) in [6.07, 6.45) is 7.46. The van der Waals surface area contributed by atoms with Crippen LogP contribution in [0.5, 0.6) is 0 Å². The van der Waals surface area contributed by atoms with Gasteiger partial charge in [-0.1, -0.05) is 36.4 Å². The summed E-state index contributed by atoms with van der Waals surface area (Å²) >= 11 is 0. The number of anilines is 1. The van der Waals surface area contributed by atoms with Crippen LogP contribution in [0.4, 0.5) is 5.69 Å². The zero-order valence-electron chi connectivity index (χ0n) is 17.6. The molecule has 0 saturated carbocycles. The van der Waals surface area contributed by atoms with Crippen molar-refractivity contribution in [3.05, 3.63) is 73.1 Å². The Morgan fingerprint density at radius 1 is 0.875 bits per heavy atom. The smallest absolute Gasteiger partial charge is 0.255 e. The number of H-pyrrole nitrogens is 1. The fraction of sp³-hybridized carbons (Fsp3) is 0.250. The molecule has 0 spiro atoms. The molecule has 8 heteroatoms. The molecule has 0 radical (unpaired) electrons. The first-order chi connectivity index (χ1) is 15.9. The number of morpholine rings is 1. The average Bonchev–Trinajstić information content (AvgIpc) is 3.56. The molecule has 1 N–H and O–H groups in total. The summed E-state index contributed by atoms with van der Waals surface area (Å²) in [5, 5.41) is 1.06. The molecule has 3 aromatic heterocycles. The molecule has 1 saturated heterocycles. The summed E-state index contributed by atoms with van der Waals surface area (Å²) in [7, 11) is 0. The van der Waals surface area contributed by atoms with E-state index in [1.807, 2.05) is 48.8 Å². The number of aromatic amines is 1. The molecule has 0 aliphatic carbocycles. The Balaban J connectivity index is 0.000000325. The number of ether oxygens (including phenoxy) is 2. The number of hydrogen-bond acceptors (Lipinski definition) is 7. The molecule has 0 amide bonds.